The predicted octanol–water partition coefficient (Wildman–Crippen LogP) is 2.63. The van der Waals surface area contributed by atoms with Crippen molar-refractivity contribution < 1.29 is 0 Å². The SMILES string of the molecule is CCCNCc1nnc(CCC(C)C)s1. The molecule has 1 aromatic heterocycles. The molecule has 1 rings (SSSR count). The fourth-order valence-electron chi connectivity index (χ4n) is 1.25. The third kappa shape index (κ3) is 5.23. The van der Waals surface area contributed by atoms with E-state index in [1.807, 2.05) is 0 Å². The molecule has 15 heavy (non-hydrogen) atoms. The van der Waals surface area contributed by atoms with Gasteiger partial charge in [0.15, 0.2) is 0 Å². The highest BCUT2D eigenvalue weighted by atomic mass is 32.1. The molecule has 0 aliphatic carbocycles. The first-order valence-corrected chi connectivity index (χ1v) is 6.56. The molecule has 0 aliphatic heterocycles. The molecule has 3 nitrogen and oxygen atoms in total. The fraction of sp³-hybridized carbons (Fsp3) is 0.818. The van der Waals surface area contributed by atoms with Crippen LogP contribution in [0.5, 0.6) is 0 Å². The molecule has 0 aromatic carbocycles. The summed E-state index contributed by atoms with van der Waals surface area (Å²) in [4.78, 5) is 0. The molecular formula is C11H21N3S. The molecular weight excluding hydrogens is 206 g/mol. The van der Waals surface area contributed by atoms with Crippen molar-refractivity contribution in [3.8, 4) is 0 Å². The lowest BCUT2D eigenvalue weighted by Crippen LogP contribution is -2.13. The Kier molecular flexibility index (Phi) is 5.79. The van der Waals surface area contributed by atoms with Gasteiger partial charge in [-0.2, -0.15) is 0 Å². The molecule has 0 amide bonds. The zero-order valence-electron chi connectivity index (χ0n) is 9.92. The second-order valence-electron chi connectivity index (χ2n) is 4.20. The van der Waals surface area contributed by atoms with Crippen LogP contribution >= 0.6 is 11.3 Å². The van der Waals surface area contributed by atoms with Crippen LogP contribution in [0.2, 0.25) is 0 Å². The number of aryl methyl sites for hydroxylation is 1. The number of rotatable bonds is 7. The van der Waals surface area contributed by atoms with Crippen LogP contribution in [-0.4, -0.2) is 16.7 Å². The van der Waals surface area contributed by atoms with Crippen LogP contribution in [0.25, 0.3) is 0 Å². The van der Waals surface area contributed by atoms with Crippen molar-refractivity contribution >= 4 is 11.3 Å². The van der Waals surface area contributed by atoms with Crippen LogP contribution < -0.4 is 5.32 Å². The maximum Gasteiger partial charge on any atom is 0.131 e. The molecule has 0 aliphatic rings. The van der Waals surface area contributed by atoms with Crippen LogP contribution in [0.15, 0.2) is 0 Å². The van der Waals surface area contributed by atoms with Gasteiger partial charge in [0.2, 0.25) is 0 Å². The van der Waals surface area contributed by atoms with E-state index in [4.69, 9.17) is 0 Å². The second kappa shape index (κ2) is 6.90. The normalized spacial score (nSPS) is 11.2. The van der Waals surface area contributed by atoms with Gasteiger partial charge < -0.3 is 5.32 Å². The summed E-state index contributed by atoms with van der Waals surface area (Å²) in [7, 11) is 0. The topological polar surface area (TPSA) is 37.8 Å². The van der Waals surface area contributed by atoms with Crippen LogP contribution in [0.1, 0.15) is 43.6 Å². The average Bonchev–Trinajstić information content (AvgIpc) is 2.63. The summed E-state index contributed by atoms with van der Waals surface area (Å²) in [5.74, 6) is 0.746. The van der Waals surface area contributed by atoms with E-state index in [0.29, 0.717) is 0 Å². The smallest absolute Gasteiger partial charge is 0.131 e. The van der Waals surface area contributed by atoms with Gasteiger partial charge in [-0.15, -0.1) is 21.5 Å². The van der Waals surface area contributed by atoms with Gasteiger partial charge in [-0.1, -0.05) is 20.8 Å². The quantitative estimate of drug-likeness (QED) is 0.728. The van der Waals surface area contributed by atoms with Crippen molar-refractivity contribution in [1.29, 1.82) is 0 Å². The molecule has 1 N–H and O–H groups in total. The summed E-state index contributed by atoms with van der Waals surface area (Å²) in [6, 6.07) is 0. The summed E-state index contributed by atoms with van der Waals surface area (Å²) in [6.45, 7) is 8.57. The van der Waals surface area contributed by atoms with E-state index in [2.05, 4.69) is 36.3 Å². The van der Waals surface area contributed by atoms with Gasteiger partial charge in [0.05, 0.1) is 0 Å². The van der Waals surface area contributed by atoms with Crippen molar-refractivity contribution in [2.75, 3.05) is 6.54 Å². The minimum Gasteiger partial charge on any atom is -0.310 e. The minimum atomic E-state index is 0.746. The molecule has 0 saturated heterocycles. The van der Waals surface area contributed by atoms with E-state index in [0.717, 1.165) is 30.4 Å². The van der Waals surface area contributed by atoms with Crippen LogP contribution in [0.4, 0.5) is 0 Å². The van der Waals surface area contributed by atoms with E-state index in [1.54, 1.807) is 11.3 Å². The molecule has 4 heteroatoms. The number of hydrogen-bond acceptors (Lipinski definition) is 4. The predicted molar refractivity (Wildman–Crippen MR) is 65.1 cm³/mol. The van der Waals surface area contributed by atoms with E-state index in [1.165, 1.54) is 17.8 Å². The highest BCUT2D eigenvalue weighted by Gasteiger charge is 2.04. The average molecular weight is 227 g/mol. The number of aromatic nitrogens is 2. The van der Waals surface area contributed by atoms with E-state index < -0.39 is 0 Å². The largest absolute Gasteiger partial charge is 0.310 e. The highest BCUT2D eigenvalue weighted by molar-refractivity contribution is 7.11. The number of nitrogens with one attached hydrogen (secondary N) is 1. The van der Waals surface area contributed by atoms with Crippen LogP contribution in [0.3, 0.4) is 0 Å². The highest BCUT2D eigenvalue weighted by Crippen LogP contribution is 2.13. The number of nitrogens with zero attached hydrogens (tertiary/aromatic N) is 2. The molecule has 0 bridgehead atoms. The Bertz CT molecular complexity index is 271. The van der Waals surface area contributed by atoms with Gasteiger partial charge in [0.25, 0.3) is 0 Å². The van der Waals surface area contributed by atoms with Gasteiger partial charge in [0.1, 0.15) is 10.0 Å². The minimum absolute atomic E-state index is 0.746. The molecule has 0 unspecified atom stereocenters. The van der Waals surface area contributed by atoms with Crippen molar-refractivity contribution in [1.82, 2.24) is 15.5 Å². The Morgan fingerprint density at radius 2 is 2.00 bits per heavy atom. The monoisotopic (exact) mass is 227 g/mol. The van der Waals surface area contributed by atoms with Crippen molar-refractivity contribution in [2.45, 2.75) is 46.6 Å². The first kappa shape index (κ1) is 12.6. The molecule has 1 heterocycles. The van der Waals surface area contributed by atoms with Gasteiger partial charge >= 0.3 is 0 Å². The zero-order chi connectivity index (χ0) is 11.1. The molecule has 86 valence electrons. The van der Waals surface area contributed by atoms with Crippen molar-refractivity contribution in [2.24, 2.45) is 5.92 Å². The third-order valence-corrected chi connectivity index (χ3v) is 3.13. The molecule has 0 spiro atoms. The Labute approximate surface area is 96.3 Å². The summed E-state index contributed by atoms with van der Waals surface area (Å²) in [5, 5.41) is 14.0. The van der Waals surface area contributed by atoms with Gasteiger partial charge in [-0.25, -0.2) is 0 Å². The van der Waals surface area contributed by atoms with Gasteiger partial charge in [0, 0.05) is 13.0 Å². The molecule has 1 aromatic rings. The second-order valence-corrected chi connectivity index (χ2v) is 5.35. The summed E-state index contributed by atoms with van der Waals surface area (Å²) in [5.41, 5.74) is 0. The molecule has 0 saturated carbocycles. The lowest BCUT2D eigenvalue weighted by molar-refractivity contribution is 0.583. The van der Waals surface area contributed by atoms with Gasteiger partial charge in [-0.3, -0.25) is 0 Å². The summed E-state index contributed by atoms with van der Waals surface area (Å²) in [6.07, 6.45) is 3.44. The maximum absolute atomic E-state index is 4.20. The Morgan fingerprint density at radius 3 is 2.67 bits per heavy atom. The zero-order valence-corrected chi connectivity index (χ0v) is 10.7. The van der Waals surface area contributed by atoms with Gasteiger partial charge in [-0.05, 0) is 25.3 Å². The van der Waals surface area contributed by atoms with E-state index >= 15 is 0 Å². The van der Waals surface area contributed by atoms with E-state index in [9.17, 15) is 0 Å². The summed E-state index contributed by atoms with van der Waals surface area (Å²) < 4.78 is 0. The lowest BCUT2D eigenvalue weighted by Gasteiger charge is -1.99. The third-order valence-electron chi connectivity index (χ3n) is 2.15. The molecule has 0 radical (unpaired) electrons. The van der Waals surface area contributed by atoms with Crippen molar-refractivity contribution in [3.05, 3.63) is 10.0 Å². The fourth-order valence-corrected chi connectivity index (χ4v) is 2.07. The Balaban J connectivity index is 2.29. The first-order chi connectivity index (χ1) is 7.22. The van der Waals surface area contributed by atoms with Crippen LogP contribution in [-0.2, 0) is 13.0 Å². The first-order valence-electron chi connectivity index (χ1n) is 5.74. The van der Waals surface area contributed by atoms with Crippen LogP contribution in [0, 0.1) is 5.92 Å². The van der Waals surface area contributed by atoms with E-state index in [-0.39, 0.29) is 0 Å². The molecule has 0 fully saturated rings. The lowest BCUT2D eigenvalue weighted by atomic mass is 10.1. The summed E-state index contributed by atoms with van der Waals surface area (Å²) >= 11 is 1.74. The Morgan fingerprint density at radius 1 is 1.27 bits per heavy atom. The molecule has 0 atom stereocenters. The standard InChI is InChI=1S/C11H21N3S/c1-4-7-12-8-11-14-13-10(15-11)6-5-9(2)3/h9,12H,4-8H2,1-3H3. The van der Waals surface area contributed by atoms with Crippen molar-refractivity contribution in [3.63, 3.8) is 0 Å². The number of hydrogen-bond donors (Lipinski definition) is 1. The maximum atomic E-state index is 4.20. The Hall–Kier alpha value is -0.480.